The summed E-state index contributed by atoms with van der Waals surface area (Å²) in [5.41, 5.74) is 9.09. The van der Waals surface area contributed by atoms with E-state index in [-0.39, 0.29) is 11.8 Å². The van der Waals surface area contributed by atoms with E-state index in [1.165, 1.54) is 0 Å². The summed E-state index contributed by atoms with van der Waals surface area (Å²) in [7, 11) is 1.82. The summed E-state index contributed by atoms with van der Waals surface area (Å²) in [6, 6.07) is 16.1. The van der Waals surface area contributed by atoms with Gasteiger partial charge in [-0.15, -0.1) is 11.3 Å². The Balaban J connectivity index is 2.00. The number of fused-ring (bicyclic) bond motifs is 1. The summed E-state index contributed by atoms with van der Waals surface area (Å²) < 4.78 is 8.43. The van der Waals surface area contributed by atoms with Crippen LogP contribution in [0, 0.1) is 11.3 Å². The van der Waals surface area contributed by atoms with Gasteiger partial charge in [-0.25, -0.2) is 4.68 Å². The number of ether oxygens (including phenoxy) is 1. The Kier molecular flexibility index (Phi) is 3.86. The average Bonchev–Trinajstić information content (AvgIpc) is 3.18. The number of hydrogen-bond acceptors (Lipinski definition) is 5. The molecule has 1 unspecified atom stereocenters. The van der Waals surface area contributed by atoms with Crippen molar-refractivity contribution in [3.8, 4) is 23.2 Å². The van der Waals surface area contributed by atoms with Crippen molar-refractivity contribution in [1.82, 2.24) is 9.78 Å². The van der Waals surface area contributed by atoms with Gasteiger partial charge in [-0.1, -0.05) is 30.3 Å². The van der Waals surface area contributed by atoms with Crippen molar-refractivity contribution in [2.75, 3.05) is 0 Å². The summed E-state index contributed by atoms with van der Waals surface area (Å²) in [6.45, 7) is 0. The van der Waals surface area contributed by atoms with Crippen LogP contribution in [-0.2, 0) is 7.05 Å². The molecule has 7 heteroatoms. The number of halogens is 1. The van der Waals surface area contributed by atoms with E-state index < -0.39 is 0 Å². The second-order valence-corrected chi connectivity index (χ2v) is 8.12. The molecule has 0 radical (unpaired) electrons. The van der Waals surface area contributed by atoms with Crippen molar-refractivity contribution >= 4 is 27.3 Å². The number of allylic oxidation sites excluding steroid dienone is 1. The van der Waals surface area contributed by atoms with E-state index in [4.69, 9.17) is 10.5 Å². The molecule has 0 saturated heterocycles. The van der Waals surface area contributed by atoms with Gasteiger partial charge >= 0.3 is 0 Å². The van der Waals surface area contributed by atoms with Crippen molar-refractivity contribution < 1.29 is 4.74 Å². The predicted octanol–water partition coefficient (Wildman–Crippen LogP) is 4.13. The molecule has 124 valence electrons. The van der Waals surface area contributed by atoms with Crippen LogP contribution in [0.4, 0.5) is 0 Å². The van der Waals surface area contributed by atoms with Gasteiger partial charge in [0.15, 0.2) is 0 Å². The number of thiophene rings is 1. The van der Waals surface area contributed by atoms with Crippen LogP contribution in [-0.4, -0.2) is 9.78 Å². The quantitative estimate of drug-likeness (QED) is 0.686. The lowest BCUT2D eigenvalue weighted by Crippen LogP contribution is -2.21. The Morgan fingerprint density at radius 2 is 2.04 bits per heavy atom. The van der Waals surface area contributed by atoms with Crippen molar-refractivity contribution in [2.45, 2.75) is 5.92 Å². The molecule has 5 nitrogen and oxygen atoms in total. The van der Waals surface area contributed by atoms with E-state index in [9.17, 15) is 5.26 Å². The highest BCUT2D eigenvalue weighted by atomic mass is 79.9. The maximum Gasteiger partial charge on any atom is 0.224 e. The first-order valence-electron chi connectivity index (χ1n) is 7.55. The highest BCUT2D eigenvalue weighted by molar-refractivity contribution is 9.11. The van der Waals surface area contributed by atoms with Crippen LogP contribution < -0.4 is 10.5 Å². The molecule has 1 atom stereocenters. The molecule has 2 aromatic heterocycles. The van der Waals surface area contributed by atoms with Crippen LogP contribution in [0.5, 0.6) is 5.88 Å². The zero-order chi connectivity index (χ0) is 17.6. The van der Waals surface area contributed by atoms with Gasteiger partial charge in [0.05, 0.1) is 15.3 Å². The van der Waals surface area contributed by atoms with Crippen molar-refractivity contribution in [3.63, 3.8) is 0 Å². The van der Waals surface area contributed by atoms with Gasteiger partial charge in [0, 0.05) is 17.5 Å². The van der Waals surface area contributed by atoms with Gasteiger partial charge in [0.2, 0.25) is 11.8 Å². The smallest absolute Gasteiger partial charge is 0.224 e. The number of aryl methyl sites for hydroxylation is 1. The van der Waals surface area contributed by atoms with Gasteiger partial charge in [-0.3, -0.25) is 0 Å². The molecule has 0 bridgehead atoms. The molecule has 2 N–H and O–H groups in total. The predicted molar refractivity (Wildman–Crippen MR) is 100.0 cm³/mol. The third-order valence-corrected chi connectivity index (χ3v) is 5.81. The first kappa shape index (κ1) is 15.9. The number of rotatable bonds is 2. The molecule has 0 aliphatic carbocycles. The fraction of sp³-hybridized carbons (Fsp3) is 0.111. The lowest BCUT2D eigenvalue weighted by atomic mass is 9.87. The second kappa shape index (κ2) is 6.06. The van der Waals surface area contributed by atoms with Gasteiger partial charge < -0.3 is 10.5 Å². The molecule has 3 aromatic rings. The lowest BCUT2D eigenvalue weighted by Gasteiger charge is -2.23. The number of aromatic nitrogens is 2. The number of nitrogens with two attached hydrogens (primary N) is 1. The SMILES string of the molecule is Cn1nc(-c2ccccc2)c2c1OC(N)=C(C#N)C2c1ccc(Br)s1. The highest BCUT2D eigenvalue weighted by Gasteiger charge is 2.37. The molecular formula is C18H13BrN4OS. The Bertz CT molecular complexity index is 1030. The first-order valence-corrected chi connectivity index (χ1v) is 9.16. The van der Waals surface area contributed by atoms with Crippen LogP contribution in [0.25, 0.3) is 11.3 Å². The van der Waals surface area contributed by atoms with E-state index in [0.717, 1.165) is 25.5 Å². The fourth-order valence-electron chi connectivity index (χ4n) is 3.05. The molecule has 0 fully saturated rings. The van der Waals surface area contributed by atoms with E-state index >= 15 is 0 Å². The molecule has 4 rings (SSSR count). The molecule has 3 heterocycles. The first-order chi connectivity index (χ1) is 12.1. The topological polar surface area (TPSA) is 76.9 Å². The van der Waals surface area contributed by atoms with Crippen molar-refractivity contribution in [2.24, 2.45) is 12.8 Å². The Labute approximate surface area is 157 Å². The van der Waals surface area contributed by atoms with E-state index in [1.807, 2.05) is 49.5 Å². The minimum Gasteiger partial charge on any atom is -0.422 e. The maximum atomic E-state index is 9.69. The molecule has 25 heavy (non-hydrogen) atoms. The van der Waals surface area contributed by atoms with Gasteiger partial charge in [0.1, 0.15) is 17.3 Å². The van der Waals surface area contributed by atoms with Gasteiger partial charge in [-0.05, 0) is 28.1 Å². The van der Waals surface area contributed by atoms with E-state index in [1.54, 1.807) is 16.0 Å². The van der Waals surface area contributed by atoms with E-state index in [2.05, 4.69) is 27.1 Å². The van der Waals surface area contributed by atoms with Crippen LogP contribution in [0.3, 0.4) is 0 Å². The standard InChI is InChI=1S/C18H13BrN4OS/c1-23-18-15(16(22-23)10-5-3-2-4-6-10)14(11(9-20)17(21)24-18)12-7-8-13(19)25-12/h2-8,14H,21H2,1H3. The fourth-order valence-corrected chi connectivity index (χ4v) is 4.59. The van der Waals surface area contributed by atoms with Crippen LogP contribution >= 0.6 is 27.3 Å². The molecule has 0 amide bonds. The Morgan fingerprint density at radius 1 is 1.28 bits per heavy atom. The third-order valence-electron chi connectivity index (χ3n) is 4.13. The van der Waals surface area contributed by atoms with Gasteiger partial charge in [-0.2, -0.15) is 10.4 Å². The number of nitriles is 1. The second-order valence-electron chi connectivity index (χ2n) is 5.62. The summed E-state index contributed by atoms with van der Waals surface area (Å²) in [4.78, 5) is 1.01. The zero-order valence-electron chi connectivity index (χ0n) is 13.2. The van der Waals surface area contributed by atoms with Crippen LogP contribution in [0.1, 0.15) is 16.4 Å². The van der Waals surface area contributed by atoms with E-state index in [0.29, 0.717) is 11.5 Å². The van der Waals surface area contributed by atoms with Crippen molar-refractivity contribution in [3.05, 3.63) is 68.1 Å². The maximum absolute atomic E-state index is 9.69. The number of hydrogen-bond donors (Lipinski definition) is 1. The van der Waals surface area contributed by atoms with Crippen LogP contribution in [0.15, 0.2) is 57.7 Å². The normalized spacial score (nSPS) is 16.3. The highest BCUT2D eigenvalue weighted by Crippen LogP contribution is 2.48. The molecule has 0 saturated carbocycles. The summed E-state index contributed by atoms with van der Waals surface area (Å²) in [6.07, 6.45) is 0. The molecule has 0 spiro atoms. The summed E-state index contributed by atoms with van der Waals surface area (Å²) >= 11 is 5.08. The Hall–Kier alpha value is -2.56. The zero-order valence-corrected chi connectivity index (χ0v) is 15.6. The monoisotopic (exact) mass is 412 g/mol. The molecule has 1 aromatic carbocycles. The summed E-state index contributed by atoms with van der Waals surface area (Å²) in [5.74, 6) is 0.408. The minimum atomic E-state index is -0.297. The Morgan fingerprint density at radius 3 is 2.68 bits per heavy atom. The largest absolute Gasteiger partial charge is 0.422 e. The third kappa shape index (κ3) is 2.54. The molecular weight excluding hydrogens is 400 g/mol. The minimum absolute atomic E-state index is 0.132. The lowest BCUT2D eigenvalue weighted by molar-refractivity contribution is 0.358. The number of benzene rings is 1. The van der Waals surface area contributed by atoms with Gasteiger partial charge in [0.25, 0.3) is 0 Å². The number of nitrogens with zero attached hydrogens (tertiary/aromatic N) is 3. The molecule has 1 aliphatic heterocycles. The molecule has 1 aliphatic rings. The van der Waals surface area contributed by atoms with Crippen molar-refractivity contribution in [1.29, 1.82) is 5.26 Å². The van der Waals surface area contributed by atoms with Crippen LogP contribution in [0.2, 0.25) is 0 Å². The summed E-state index contributed by atoms with van der Waals surface area (Å²) in [5, 5.41) is 14.3. The average molecular weight is 413 g/mol.